The Kier molecular flexibility index (Phi) is 6.61. The summed E-state index contributed by atoms with van der Waals surface area (Å²) in [5.74, 6) is 0.680. The van der Waals surface area contributed by atoms with Crippen molar-refractivity contribution >= 4 is 27.8 Å². The zero-order chi connectivity index (χ0) is 23.6. The molecule has 0 saturated carbocycles. The van der Waals surface area contributed by atoms with E-state index in [0.29, 0.717) is 44.0 Å². The maximum Gasteiger partial charge on any atom is 0.322 e. The third-order valence-corrected chi connectivity index (χ3v) is 7.81. The van der Waals surface area contributed by atoms with E-state index in [9.17, 15) is 18.0 Å². The van der Waals surface area contributed by atoms with Gasteiger partial charge in [-0.25, -0.2) is 22.3 Å². The van der Waals surface area contributed by atoms with Gasteiger partial charge in [-0.15, -0.1) is 0 Å². The fourth-order valence-corrected chi connectivity index (χ4v) is 5.13. The SMILES string of the molecule is CN(C)S(=O)(=O)c1ccc2c(c1)CCN2C(=O)NC1CCCN(C(=O)NCc2ccco2)C1. The molecule has 2 aromatic rings. The lowest BCUT2D eigenvalue weighted by Crippen LogP contribution is -2.54. The predicted molar refractivity (Wildman–Crippen MR) is 122 cm³/mol. The maximum absolute atomic E-state index is 13.0. The number of amides is 4. The molecule has 11 heteroatoms. The first kappa shape index (κ1) is 23.1. The summed E-state index contributed by atoms with van der Waals surface area (Å²) < 4.78 is 31.2. The van der Waals surface area contributed by atoms with Crippen LogP contribution in [0.2, 0.25) is 0 Å². The van der Waals surface area contributed by atoms with Crippen molar-refractivity contribution < 1.29 is 22.4 Å². The minimum absolute atomic E-state index is 0.155. The molecule has 0 aliphatic carbocycles. The average Bonchev–Trinajstić information content (AvgIpc) is 3.47. The van der Waals surface area contributed by atoms with Crippen LogP contribution in [-0.4, -0.2) is 69.5 Å². The van der Waals surface area contributed by atoms with Crippen LogP contribution in [0.4, 0.5) is 15.3 Å². The highest BCUT2D eigenvalue weighted by molar-refractivity contribution is 7.89. The van der Waals surface area contributed by atoms with Crippen molar-refractivity contribution in [1.29, 1.82) is 0 Å². The van der Waals surface area contributed by atoms with Gasteiger partial charge in [0.25, 0.3) is 0 Å². The second-order valence-electron chi connectivity index (χ2n) is 8.45. The van der Waals surface area contributed by atoms with Crippen molar-refractivity contribution in [1.82, 2.24) is 19.8 Å². The predicted octanol–water partition coefficient (Wildman–Crippen LogP) is 1.98. The molecule has 0 spiro atoms. The molecule has 3 heterocycles. The number of rotatable bonds is 5. The first-order chi connectivity index (χ1) is 15.8. The van der Waals surface area contributed by atoms with Gasteiger partial charge in [-0.05, 0) is 55.2 Å². The smallest absolute Gasteiger partial charge is 0.322 e. The molecular formula is C22H29N5O5S. The van der Waals surface area contributed by atoms with Crippen molar-refractivity contribution in [3.05, 3.63) is 47.9 Å². The number of hydrogen-bond acceptors (Lipinski definition) is 5. The Morgan fingerprint density at radius 2 is 2.00 bits per heavy atom. The summed E-state index contributed by atoms with van der Waals surface area (Å²) in [6, 6.07) is 7.85. The van der Waals surface area contributed by atoms with Gasteiger partial charge in [-0.1, -0.05) is 0 Å². The molecule has 4 rings (SSSR count). The van der Waals surface area contributed by atoms with E-state index >= 15 is 0 Å². The Labute approximate surface area is 193 Å². The molecule has 0 bridgehead atoms. The summed E-state index contributed by atoms with van der Waals surface area (Å²) in [5, 5.41) is 5.88. The van der Waals surface area contributed by atoms with E-state index in [4.69, 9.17) is 4.42 Å². The van der Waals surface area contributed by atoms with Gasteiger partial charge in [0, 0.05) is 45.5 Å². The van der Waals surface area contributed by atoms with E-state index in [-0.39, 0.29) is 23.0 Å². The lowest BCUT2D eigenvalue weighted by Gasteiger charge is -2.34. The van der Waals surface area contributed by atoms with Gasteiger partial charge in [0.1, 0.15) is 5.76 Å². The van der Waals surface area contributed by atoms with Crippen LogP contribution in [0.15, 0.2) is 45.9 Å². The van der Waals surface area contributed by atoms with Crippen LogP contribution >= 0.6 is 0 Å². The Bertz CT molecular complexity index is 1120. The van der Waals surface area contributed by atoms with Crippen LogP contribution in [0.3, 0.4) is 0 Å². The quantitative estimate of drug-likeness (QED) is 0.686. The van der Waals surface area contributed by atoms with Gasteiger partial charge in [-0.2, -0.15) is 0 Å². The second-order valence-corrected chi connectivity index (χ2v) is 10.6. The highest BCUT2D eigenvalue weighted by Crippen LogP contribution is 2.31. The van der Waals surface area contributed by atoms with Crippen LogP contribution in [0.5, 0.6) is 0 Å². The first-order valence-electron chi connectivity index (χ1n) is 10.9. The van der Waals surface area contributed by atoms with Gasteiger partial charge in [0.15, 0.2) is 0 Å². The Balaban J connectivity index is 1.35. The number of hydrogen-bond donors (Lipinski definition) is 2. The number of benzene rings is 1. The number of furan rings is 1. The Hall–Kier alpha value is -3.05. The van der Waals surface area contributed by atoms with Gasteiger partial charge in [0.2, 0.25) is 10.0 Å². The van der Waals surface area contributed by atoms with Crippen molar-refractivity contribution in [2.45, 2.75) is 36.7 Å². The Morgan fingerprint density at radius 1 is 1.18 bits per heavy atom. The number of carbonyl (C=O) groups excluding carboxylic acids is 2. The van der Waals surface area contributed by atoms with Crippen LogP contribution < -0.4 is 15.5 Å². The summed E-state index contributed by atoms with van der Waals surface area (Å²) in [6.45, 7) is 1.85. The molecule has 2 aliphatic rings. The minimum atomic E-state index is -3.53. The number of likely N-dealkylation sites (tertiary alicyclic amines) is 1. The molecule has 33 heavy (non-hydrogen) atoms. The summed E-state index contributed by atoms with van der Waals surface area (Å²) >= 11 is 0. The molecular weight excluding hydrogens is 446 g/mol. The summed E-state index contributed by atoms with van der Waals surface area (Å²) in [5.41, 5.74) is 1.55. The number of nitrogens with zero attached hydrogens (tertiary/aromatic N) is 3. The molecule has 1 aromatic carbocycles. The van der Waals surface area contributed by atoms with E-state index in [1.165, 1.54) is 24.5 Å². The molecule has 10 nitrogen and oxygen atoms in total. The normalized spacial score (nSPS) is 18.3. The second kappa shape index (κ2) is 9.44. The van der Waals surface area contributed by atoms with Crippen molar-refractivity contribution in [2.24, 2.45) is 0 Å². The first-order valence-corrected chi connectivity index (χ1v) is 12.4. The molecule has 1 aromatic heterocycles. The third kappa shape index (κ3) is 4.98. The largest absolute Gasteiger partial charge is 0.467 e. The van der Waals surface area contributed by atoms with Crippen LogP contribution in [0.1, 0.15) is 24.2 Å². The topological polar surface area (TPSA) is 115 Å². The van der Waals surface area contributed by atoms with Crippen molar-refractivity contribution in [3.63, 3.8) is 0 Å². The molecule has 1 fully saturated rings. The molecule has 2 N–H and O–H groups in total. The van der Waals surface area contributed by atoms with E-state index in [0.717, 1.165) is 18.4 Å². The lowest BCUT2D eigenvalue weighted by molar-refractivity contribution is 0.171. The molecule has 1 atom stereocenters. The third-order valence-electron chi connectivity index (χ3n) is 6.00. The molecule has 4 amide bonds. The monoisotopic (exact) mass is 475 g/mol. The number of nitrogens with one attached hydrogen (secondary N) is 2. The van der Waals surface area contributed by atoms with E-state index in [2.05, 4.69) is 10.6 Å². The van der Waals surface area contributed by atoms with E-state index in [1.807, 2.05) is 0 Å². The van der Waals surface area contributed by atoms with Crippen molar-refractivity contribution in [2.75, 3.05) is 38.6 Å². The fraction of sp³-hybridized carbons (Fsp3) is 0.455. The molecule has 0 radical (unpaired) electrons. The molecule has 1 saturated heterocycles. The summed E-state index contributed by atoms with van der Waals surface area (Å²) in [6.07, 6.45) is 3.73. The number of carbonyl (C=O) groups is 2. The van der Waals surface area contributed by atoms with E-state index < -0.39 is 10.0 Å². The highest BCUT2D eigenvalue weighted by atomic mass is 32.2. The number of urea groups is 2. The number of piperidine rings is 1. The van der Waals surface area contributed by atoms with Crippen LogP contribution in [0.25, 0.3) is 0 Å². The molecule has 178 valence electrons. The minimum Gasteiger partial charge on any atom is -0.467 e. The fourth-order valence-electron chi connectivity index (χ4n) is 4.18. The maximum atomic E-state index is 13.0. The van der Waals surface area contributed by atoms with Crippen LogP contribution in [0, 0.1) is 0 Å². The zero-order valence-electron chi connectivity index (χ0n) is 18.8. The lowest BCUT2D eigenvalue weighted by atomic mass is 10.1. The number of sulfonamides is 1. The Morgan fingerprint density at radius 3 is 2.73 bits per heavy atom. The van der Waals surface area contributed by atoms with Crippen LogP contribution in [-0.2, 0) is 23.0 Å². The van der Waals surface area contributed by atoms with Gasteiger partial charge in [-0.3, -0.25) is 4.90 Å². The standard InChI is InChI=1S/C22H29N5O5S/c1-25(2)33(30,31)19-7-8-20-16(13-19)9-11-27(20)22(29)24-17-5-3-10-26(15-17)21(28)23-14-18-6-4-12-32-18/h4,6-8,12-13,17H,3,5,9-11,14-15H2,1-2H3,(H,23,28)(H,24,29). The molecule has 1 unspecified atom stereocenters. The number of anilines is 1. The van der Waals surface area contributed by atoms with E-state index in [1.54, 1.807) is 40.3 Å². The average molecular weight is 476 g/mol. The number of fused-ring (bicyclic) bond motifs is 1. The summed E-state index contributed by atoms with van der Waals surface area (Å²) in [7, 11) is -0.541. The zero-order valence-corrected chi connectivity index (χ0v) is 19.6. The molecule has 2 aliphatic heterocycles. The summed E-state index contributed by atoms with van der Waals surface area (Å²) in [4.78, 5) is 29.0. The van der Waals surface area contributed by atoms with Crippen molar-refractivity contribution in [3.8, 4) is 0 Å². The van der Waals surface area contributed by atoms with Gasteiger partial charge in [0.05, 0.1) is 17.7 Å². The van der Waals surface area contributed by atoms with Gasteiger partial charge < -0.3 is 20.0 Å². The van der Waals surface area contributed by atoms with Gasteiger partial charge >= 0.3 is 12.1 Å². The highest BCUT2D eigenvalue weighted by Gasteiger charge is 2.30.